The Labute approximate surface area is 127 Å². The Morgan fingerprint density at radius 2 is 2.05 bits per heavy atom. The van der Waals surface area contributed by atoms with Crippen molar-refractivity contribution in [1.82, 2.24) is 0 Å². The van der Waals surface area contributed by atoms with Gasteiger partial charge in [0.1, 0.15) is 5.82 Å². The first kappa shape index (κ1) is 14.3. The average Bonchev–Trinajstić information content (AvgIpc) is 2.47. The summed E-state index contributed by atoms with van der Waals surface area (Å²) in [6.07, 6.45) is 1.23. The van der Waals surface area contributed by atoms with E-state index in [4.69, 9.17) is 0 Å². The van der Waals surface area contributed by atoms with Gasteiger partial charge >= 0.3 is 0 Å². The zero-order chi connectivity index (χ0) is 15.5. The number of anilines is 2. The lowest BCUT2D eigenvalue weighted by Crippen LogP contribution is -2.19. The van der Waals surface area contributed by atoms with Gasteiger partial charge in [0.05, 0.1) is 6.42 Å². The van der Waals surface area contributed by atoms with Crippen LogP contribution in [0, 0.1) is 5.82 Å². The molecule has 0 saturated heterocycles. The number of carbonyl (C=O) groups excluding carboxylic acids is 2. The van der Waals surface area contributed by atoms with Gasteiger partial charge in [-0.3, -0.25) is 9.59 Å². The SMILES string of the molecule is O=C(Cc1cccc(F)c1)Nc1ccc2c(c1)CCC(=O)N2. The first-order valence-corrected chi connectivity index (χ1v) is 7.07. The van der Waals surface area contributed by atoms with E-state index in [-0.39, 0.29) is 24.1 Å². The number of hydrogen-bond acceptors (Lipinski definition) is 2. The molecule has 1 heterocycles. The largest absolute Gasteiger partial charge is 0.326 e. The Bertz CT molecular complexity index is 743. The van der Waals surface area contributed by atoms with E-state index >= 15 is 0 Å². The van der Waals surface area contributed by atoms with Crippen LogP contribution in [-0.2, 0) is 22.4 Å². The summed E-state index contributed by atoms with van der Waals surface area (Å²) in [5.74, 6) is -0.546. The number of amides is 2. The summed E-state index contributed by atoms with van der Waals surface area (Å²) >= 11 is 0. The zero-order valence-electron chi connectivity index (χ0n) is 11.9. The normalized spacial score (nSPS) is 13.2. The van der Waals surface area contributed by atoms with Crippen LogP contribution in [0.3, 0.4) is 0 Å². The van der Waals surface area contributed by atoms with Gasteiger partial charge in [-0.2, -0.15) is 0 Å². The lowest BCUT2D eigenvalue weighted by Gasteiger charge is -2.17. The summed E-state index contributed by atoms with van der Waals surface area (Å²) in [6.45, 7) is 0. The Morgan fingerprint density at radius 1 is 1.18 bits per heavy atom. The monoisotopic (exact) mass is 298 g/mol. The van der Waals surface area contributed by atoms with Crippen LogP contribution in [0.25, 0.3) is 0 Å². The van der Waals surface area contributed by atoms with Crippen LogP contribution in [0.15, 0.2) is 42.5 Å². The number of carbonyl (C=O) groups is 2. The molecule has 0 atom stereocenters. The highest BCUT2D eigenvalue weighted by Gasteiger charge is 2.15. The van der Waals surface area contributed by atoms with E-state index in [9.17, 15) is 14.0 Å². The van der Waals surface area contributed by atoms with E-state index in [0.717, 1.165) is 11.3 Å². The zero-order valence-corrected chi connectivity index (χ0v) is 11.9. The van der Waals surface area contributed by atoms with E-state index in [1.165, 1.54) is 12.1 Å². The van der Waals surface area contributed by atoms with Crippen LogP contribution in [0.5, 0.6) is 0 Å². The molecular formula is C17H15FN2O2. The van der Waals surface area contributed by atoms with Crippen LogP contribution in [-0.4, -0.2) is 11.8 Å². The molecule has 0 bridgehead atoms. The molecule has 3 rings (SSSR count). The Morgan fingerprint density at radius 3 is 2.86 bits per heavy atom. The smallest absolute Gasteiger partial charge is 0.228 e. The van der Waals surface area contributed by atoms with Crippen molar-refractivity contribution < 1.29 is 14.0 Å². The molecule has 2 aromatic carbocycles. The summed E-state index contributed by atoms with van der Waals surface area (Å²) in [5.41, 5.74) is 3.10. The third-order valence-corrected chi connectivity index (χ3v) is 3.54. The molecule has 112 valence electrons. The molecule has 1 aliphatic rings. The standard InChI is InChI=1S/C17H15FN2O2/c18-13-3-1-2-11(8-13)9-17(22)19-14-5-6-15-12(10-14)4-7-16(21)20-15/h1-3,5-6,8,10H,4,7,9H2,(H,19,22)(H,20,21). The Balaban J connectivity index is 1.68. The Kier molecular flexibility index (Phi) is 3.87. The maximum absolute atomic E-state index is 13.1. The first-order chi connectivity index (χ1) is 10.6. The van der Waals surface area contributed by atoms with Gasteiger partial charge in [-0.1, -0.05) is 12.1 Å². The van der Waals surface area contributed by atoms with Gasteiger partial charge in [0.15, 0.2) is 0 Å². The number of rotatable bonds is 3. The highest BCUT2D eigenvalue weighted by Crippen LogP contribution is 2.25. The number of halogens is 1. The lowest BCUT2D eigenvalue weighted by molar-refractivity contribution is -0.117. The van der Waals surface area contributed by atoms with Crippen LogP contribution < -0.4 is 10.6 Å². The maximum Gasteiger partial charge on any atom is 0.228 e. The highest BCUT2D eigenvalue weighted by atomic mass is 19.1. The van der Waals surface area contributed by atoms with Crippen molar-refractivity contribution in [2.75, 3.05) is 10.6 Å². The van der Waals surface area contributed by atoms with E-state index in [1.807, 2.05) is 6.07 Å². The fourth-order valence-electron chi connectivity index (χ4n) is 2.50. The molecule has 0 aromatic heterocycles. The topological polar surface area (TPSA) is 58.2 Å². The van der Waals surface area contributed by atoms with Crippen LogP contribution >= 0.6 is 0 Å². The van der Waals surface area contributed by atoms with Crippen molar-refractivity contribution in [2.24, 2.45) is 0 Å². The minimum Gasteiger partial charge on any atom is -0.326 e. The minimum absolute atomic E-state index is 0.00962. The second kappa shape index (κ2) is 5.97. The summed E-state index contributed by atoms with van der Waals surface area (Å²) in [4.78, 5) is 23.3. The predicted molar refractivity (Wildman–Crippen MR) is 82.1 cm³/mol. The van der Waals surface area contributed by atoms with Crippen LogP contribution in [0.2, 0.25) is 0 Å². The molecule has 2 amide bonds. The number of nitrogens with one attached hydrogen (secondary N) is 2. The van der Waals surface area contributed by atoms with Crippen molar-refractivity contribution in [3.05, 3.63) is 59.4 Å². The number of benzene rings is 2. The molecule has 5 heteroatoms. The molecule has 0 fully saturated rings. The number of aryl methyl sites for hydroxylation is 1. The molecule has 0 unspecified atom stereocenters. The summed E-state index contributed by atoms with van der Waals surface area (Å²) < 4.78 is 13.1. The highest BCUT2D eigenvalue weighted by molar-refractivity contribution is 5.96. The molecule has 0 aliphatic carbocycles. The maximum atomic E-state index is 13.1. The quantitative estimate of drug-likeness (QED) is 0.915. The summed E-state index contributed by atoms with van der Waals surface area (Å²) in [7, 11) is 0. The van der Waals surface area contributed by atoms with E-state index in [2.05, 4.69) is 10.6 Å². The second-order valence-electron chi connectivity index (χ2n) is 5.27. The molecular weight excluding hydrogens is 283 g/mol. The van der Waals surface area contributed by atoms with Gasteiger partial charge in [0.2, 0.25) is 11.8 Å². The third kappa shape index (κ3) is 3.31. The van der Waals surface area contributed by atoms with E-state index in [0.29, 0.717) is 24.1 Å². The van der Waals surface area contributed by atoms with Gasteiger partial charge in [0.25, 0.3) is 0 Å². The fraction of sp³-hybridized carbons (Fsp3) is 0.176. The van der Waals surface area contributed by atoms with E-state index < -0.39 is 0 Å². The van der Waals surface area contributed by atoms with Crippen LogP contribution in [0.1, 0.15) is 17.5 Å². The predicted octanol–water partition coefficient (Wildman–Crippen LogP) is 2.89. The average molecular weight is 298 g/mol. The molecule has 4 nitrogen and oxygen atoms in total. The van der Waals surface area contributed by atoms with Crippen molar-refractivity contribution in [3.63, 3.8) is 0 Å². The molecule has 2 N–H and O–H groups in total. The molecule has 1 aliphatic heterocycles. The van der Waals surface area contributed by atoms with Gasteiger partial charge < -0.3 is 10.6 Å². The molecule has 0 radical (unpaired) electrons. The van der Waals surface area contributed by atoms with Crippen molar-refractivity contribution >= 4 is 23.2 Å². The summed E-state index contributed by atoms with van der Waals surface area (Å²) in [5, 5.41) is 5.59. The fourth-order valence-corrected chi connectivity index (χ4v) is 2.50. The first-order valence-electron chi connectivity index (χ1n) is 7.07. The minimum atomic E-state index is -0.352. The molecule has 22 heavy (non-hydrogen) atoms. The number of hydrogen-bond donors (Lipinski definition) is 2. The molecule has 2 aromatic rings. The molecule has 0 saturated carbocycles. The Hall–Kier alpha value is -2.69. The molecule has 0 spiro atoms. The van der Waals surface area contributed by atoms with Crippen molar-refractivity contribution in [2.45, 2.75) is 19.3 Å². The number of fused-ring (bicyclic) bond motifs is 1. The third-order valence-electron chi connectivity index (χ3n) is 3.54. The second-order valence-corrected chi connectivity index (χ2v) is 5.27. The summed E-state index contributed by atoms with van der Waals surface area (Å²) in [6, 6.07) is 11.4. The van der Waals surface area contributed by atoms with Gasteiger partial charge in [-0.25, -0.2) is 4.39 Å². The van der Waals surface area contributed by atoms with Crippen molar-refractivity contribution in [1.29, 1.82) is 0 Å². The van der Waals surface area contributed by atoms with Crippen molar-refractivity contribution in [3.8, 4) is 0 Å². The van der Waals surface area contributed by atoms with E-state index in [1.54, 1.807) is 24.3 Å². The van der Waals surface area contributed by atoms with Gasteiger partial charge in [0, 0.05) is 17.8 Å². The van der Waals surface area contributed by atoms with Gasteiger partial charge in [-0.05, 0) is 47.9 Å². The lowest BCUT2D eigenvalue weighted by atomic mass is 10.0. The van der Waals surface area contributed by atoms with Gasteiger partial charge in [-0.15, -0.1) is 0 Å². The van der Waals surface area contributed by atoms with Crippen LogP contribution in [0.4, 0.5) is 15.8 Å².